The lowest BCUT2D eigenvalue weighted by Crippen LogP contribution is -2.16. The van der Waals surface area contributed by atoms with Crippen molar-refractivity contribution in [3.63, 3.8) is 0 Å². The fourth-order valence-electron chi connectivity index (χ4n) is 3.26. The molecule has 0 saturated heterocycles. The van der Waals surface area contributed by atoms with E-state index in [2.05, 4.69) is 0 Å². The van der Waals surface area contributed by atoms with Crippen LogP contribution in [-0.2, 0) is 12.6 Å². The van der Waals surface area contributed by atoms with Gasteiger partial charge in [0.25, 0.3) is 0 Å². The van der Waals surface area contributed by atoms with E-state index >= 15 is 0 Å². The first-order valence-electron chi connectivity index (χ1n) is 8.59. The zero-order valence-corrected chi connectivity index (χ0v) is 14.7. The lowest BCUT2D eigenvalue weighted by atomic mass is 9.99. The van der Waals surface area contributed by atoms with Gasteiger partial charge in [0.15, 0.2) is 11.5 Å². The van der Waals surface area contributed by atoms with E-state index in [-0.39, 0.29) is 34.8 Å². The average molecular weight is 392 g/mol. The summed E-state index contributed by atoms with van der Waals surface area (Å²) in [7, 11) is 0. The van der Waals surface area contributed by atoms with E-state index < -0.39 is 22.9 Å². The molecule has 0 radical (unpaired) electrons. The third kappa shape index (κ3) is 2.94. The van der Waals surface area contributed by atoms with E-state index in [4.69, 9.17) is 13.9 Å². The minimum Gasteiger partial charge on any atom is -0.508 e. The number of benzene rings is 2. The molecule has 0 saturated carbocycles. The van der Waals surface area contributed by atoms with Crippen LogP contribution in [0, 0.1) is 0 Å². The molecule has 1 aliphatic heterocycles. The lowest BCUT2D eigenvalue weighted by Gasteiger charge is -2.14. The summed E-state index contributed by atoms with van der Waals surface area (Å²) in [5, 5.41) is 10.0. The van der Waals surface area contributed by atoms with E-state index in [0.717, 1.165) is 6.07 Å². The SMILES string of the molecule is CCCc1cc2c(=O)c(-c3ccc4c(c3)OCO4)c(C(F)(F)F)oc2cc1O. The summed E-state index contributed by atoms with van der Waals surface area (Å²) >= 11 is 0. The van der Waals surface area contributed by atoms with Crippen molar-refractivity contribution < 1.29 is 32.2 Å². The monoisotopic (exact) mass is 392 g/mol. The fourth-order valence-corrected chi connectivity index (χ4v) is 3.26. The minimum atomic E-state index is -4.91. The number of hydrogen-bond donors (Lipinski definition) is 1. The molecular weight excluding hydrogens is 377 g/mol. The molecule has 5 nitrogen and oxygen atoms in total. The third-order valence-electron chi connectivity index (χ3n) is 4.53. The molecule has 28 heavy (non-hydrogen) atoms. The number of aromatic hydroxyl groups is 1. The van der Waals surface area contributed by atoms with Crippen LogP contribution in [0.3, 0.4) is 0 Å². The Morgan fingerprint density at radius 3 is 2.57 bits per heavy atom. The molecule has 0 unspecified atom stereocenters. The number of alkyl halides is 3. The third-order valence-corrected chi connectivity index (χ3v) is 4.53. The summed E-state index contributed by atoms with van der Waals surface area (Å²) in [6.45, 7) is 1.84. The molecule has 0 amide bonds. The van der Waals surface area contributed by atoms with Gasteiger partial charge in [-0.3, -0.25) is 4.79 Å². The van der Waals surface area contributed by atoms with Gasteiger partial charge in [0, 0.05) is 6.07 Å². The van der Waals surface area contributed by atoms with Gasteiger partial charge in [0.2, 0.25) is 18.0 Å². The number of fused-ring (bicyclic) bond motifs is 2. The Labute approximate surface area is 156 Å². The van der Waals surface area contributed by atoms with Crippen LogP contribution in [0.4, 0.5) is 13.2 Å². The normalized spacial score (nSPS) is 13.3. The Kier molecular flexibility index (Phi) is 4.21. The van der Waals surface area contributed by atoms with Gasteiger partial charge in [-0.1, -0.05) is 19.4 Å². The minimum absolute atomic E-state index is 0.0114. The molecule has 0 aliphatic carbocycles. The fraction of sp³-hybridized carbons (Fsp3) is 0.250. The molecule has 4 rings (SSSR count). The van der Waals surface area contributed by atoms with Gasteiger partial charge in [-0.15, -0.1) is 0 Å². The highest BCUT2D eigenvalue weighted by Crippen LogP contribution is 2.41. The van der Waals surface area contributed by atoms with Gasteiger partial charge in [-0.05, 0) is 35.7 Å². The summed E-state index contributed by atoms with van der Waals surface area (Å²) in [5.74, 6) is -0.992. The Morgan fingerprint density at radius 1 is 1.11 bits per heavy atom. The summed E-state index contributed by atoms with van der Waals surface area (Å²) < 4.78 is 56.4. The maximum atomic E-state index is 13.7. The number of ether oxygens (including phenoxy) is 2. The van der Waals surface area contributed by atoms with Crippen molar-refractivity contribution in [1.29, 1.82) is 0 Å². The van der Waals surface area contributed by atoms with Crippen LogP contribution in [0.15, 0.2) is 39.5 Å². The van der Waals surface area contributed by atoms with Gasteiger partial charge in [-0.25, -0.2) is 0 Å². The van der Waals surface area contributed by atoms with E-state index in [1.165, 1.54) is 24.3 Å². The molecule has 2 heterocycles. The van der Waals surface area contributed by atoms with Crippen LogP contribution < -0.4 is 14.9 Å². The highest BCUT2D eigenvalue weighted by Gasteiger charge is 2.39. The van der Waals surface area contributed by atoms with Crippen LogP contribution >= 0.6 is 0 Å². The standard InChI is InChI=1S/C20H15F3O5/c1-2-3-10-6-12-15(8-13(10)24)28-19(20(21,22)23)17(18(12)25)11-4-5-14-16(7-11)27-9-26-14/h4-8,24H,2-3,9H2,1H3. The van der Waals surface area contributed by atoms with Gasteiger partial charge in [0.05, 0.1) is 10.9 Å². The molecule has 3 aromatic rings. The average Bonchev–Trinajstić information content (AvgIpc) is 3.10. The second kappa shape index (κ2) is 6.47. The Bertz CT molecular complexity index is 1130. The molecule has 1 N–H and O–H groups in total. The quantitative estimate of drug-likeness (QED) is 0.689. The summed E-state index contributed by atoms with van der Waals surface area (Å²) in [6, 6.07) is 6.56. The Balaban J connectivity index is 2.04. The Hall–Kier alpha value is -3.16. The van der Waals surface area contributed by atoms with Gasteiger partial charge in [0.1, 0.15) is 11.3 Å². The Morgan fingerprint density at radius 2 is 1.86 bits per heavy atom. The molecule has 2 aromatic carbocycles. The van der Waals surface area contributed by atoms with E-state index in [0.29, 0.717) is 24.2 Å². The van der Waals surface area contributed by atoms with Crippen LogP contribution in [0.2, 0.25) is 0 Å². The van der Waals surface area contributed by atoms with Crippen LogP contribution in [0.5, 0.6) is 17.2 Å². The van der Waals surface area contributed by atoms with Crippen LogP contribution in [0.25, 0.3) is 22.1 Å². The van der Waals surface area contributed by atoms with Crippen LogP contribution in [0.1, 0.15) is 24.7 Å². The first-order valence-corrected chi connectivity index (χ1v) is 8.59. The first kappa shape index (κ1) is 18.2. The number of halogens is 3. The predicted octanol–water partition coefficient (Wildman–Crippen LogP) is 4.87. The first-order chi connectivity index (χ1) is 13.3. The maximum absolute atomic E-state index is 13.7. The number of hydrogen-bond acceptors (Lipinski definition) is 5. The highest BCUT2D eigenvalue weighted by atomic mass is 19.4. The molecule has 1 aliphatic rings. The van der Waals surface area contributed by atoms with Crippen molar-refractivity contribution in [2.24, 2.45) is 0 Å². The molecule has 1 aromatic heterocycles. The number of phenolic OH excluding ortho intramolecular Hbond substituents is 1. The second-order valence-electron chi connectivity index (χ2n) is 6.43. The van der Waals surface area contributed by atoms with Crippen molar-refractivity contribution in [3.8, 4) is 28.4 Å². The van der Waals surface area contributed by atoms with Gasteiger partial charge >= 0.3 is 6.18 Å². The number of phenols is 1. The van der Waals surface area contributed by atoms with Crippen molar-refractivity contribution in [3.05, 3.63) is 51.9 Å². The highest BCUT2D eigenvalue weighted by molar-refractivity contribution is 5.85. The largest absolute Gasteiger partial charge is 0.508 e. The topological polar surface area (TPSA) is 68.9 Å². The molecular formula is C20H15F3O5. The van der Waals surface area contributed by atoms with Gasteiger partial charge < -0.3 is 19.0 Å². The zero-order chi connectivity index (χ0) is 20.1. The molecule has 0 atom stereocenters. The van der Waals surface area contributed by atoms with E-state index in [1.54, 1.807) is 0 Å². The van der Waals surface area contributed by atoms with Crippen LogP contribution in [-0.4, -0.2) is 11.9 Å². The number of rotatable bonds is 3. The van der Waals surface area contributed by atoms with E-state index in [1.807, 2.05) is 6.92 Å². The molecule has 0 bridgehead atoms. The summed E-state index contributed by atoms with van der Waals surface area (Å²) in [6.07, 6.45) is -3.74. The maximum Gasteiger partial charge on any atom is 0.450 e. The smallest absolute Gasteiger partial charge is 0.450 e. The predicted molar refractivity (Wildman–Crippen MR) is 94.7 cm³/mol. The van der Waals surface area contributed by atoms with Crippen molar-refractivity contribution >= 4 is 11.0 Å². The summed E-state index contributed by atoms with van der Waals surface area (Å²) in [5.41, 5.74) is -1.27. The number of aryl methyl sites for hydroxylation is 1. The molecule has 146 valence electrons. The van der Waals surface area contributed by atoms with Gasteiger partial charge in [-0.2, -0.15) is 13.2 Å². The molecule has 8 heteroatoms. The molecule has 0 spiro atoms. The van der Waals surface area contributed by atoms with Crippen molar-refractivity contribution in [2.45, 2.75) is 25.9 Å². The van der Waals surface area contributed by atoms with E-state index in [9.17, 15) is 23.1 Å². The van der Waals surface area contributed by atoms with Crippen molar-refractivity contribution in [1.82, 2.24) is 0 Å². The zero-order valence-electron chi connectivity index (χ0n) is 14.7. The van der Waals surface area contributed by atoms with Crippen molar-refractivity contribution in [2.75, 3.05) is 6.79 Å². The second-order valence-corrected chi connectivity index (χ2v) is 6.43. The summed E-state index contributed by atoms with van der Waals surface area (Å²) in [4.78, 5) is 13.1. The molecule has 0 fully saturated rings. The lowest BCUT2D eigenvalue weighted by molar-refractivity contribution is -0.152.